The van der Waals surface area contributed by atoms with Crippen LogP contribution in [0.3, 0.4) is 0 Å². The maximum absolute atomic E-state index is 12.6. The number of methoxy groups -OCH3 is 2. The summed E-state index contributed by atoms with van der Waals surface area (Å²) in [5.41, 5.74) is 2.18. The van der Waals surface area contributed by atoms with Gasteiger partial charge in [-0.25, -0.2) is 0 Å². The second-order valence-corrected chi connectivity index (χ2v) is 5.69. The number of amides is 1. The van der Waals surface area contributed by atoms with Crippen molar-refractivity contribution in [2.45, 2.75) is 31.6 Å². The number of benzene rings is 1. The van der Waals surface area contributed by atoms with Crippen molar-refractivity contribution in [3.8, 4) is 0 Å². The molecule has 1 aliphatic heterocycles. The van der Waals surface area contributed by atoms with Gasteiger partial charge in [0.15, 0.2) is 0 Å². The Morgan fingerprint density at radius 1 is 1.27 bits per heavy atom. The number of likely N-dealkylation sites (N-methyl/N-ethyl adjacent to an activating group) is 1. The molecule has 0 spiro atoms. The summed E-state index contributed by atoms with van der Waals surface area (Å²) in [6.07, 6.45) is 0.0512. The summed E-state index contributed by atoms with van der Waals surface area (Å²) >= 11 is 0. The number of aryl methyl sites for hydroxylation is 1. The summed E-state index contributed by atoms with van der Waals surface area (Å²) in [4.78, 5) is 14.3. The zero-order valence-electron chi connectivity index (χ0n) is 13.7. The normalized spacial score (nSPS) is 25.0. The molecule has 0 aromatic heterocycles. The van der Waals surface area contributed by atoms with E-state index < -0.39 is 0 Å². The van der Waals surface area contributed by atoms with Gasteiger partial charge < -0.3 is 19.1 Å². The molecule has 1 saturated heterocycles. The Morgan fingerprint density at radius 3 is 2.64 bits per heavy atom. The maximum atomic E-state index is 12.6. The van der Waals surface area contributed by atoms with Crippen LogP contribution in [-0.2, 0) is 25.4 Å². The van der Waals surface area contributed by atoms with Gasteiger partial charge in [0.2, 0.25) is 5.91 Å². The van der Waals surface area contributed by atoms with Crippen LogP contribution in [-0.4, -0.2) is 63.5 Å². The van der Waals surface area contributed by atoms with Gasteiger partial charge in [-0.05, 0) is 18.1 Å². The quantitative estimate of drug-likeness (QED) is 0.825. The van der Waals surface area contributed by atoms with Crippen LogP contribution in [0.15, 0.2) is 24.3 Å². The molecule has 122 valence electrons. The van der Waals surface area contributed by atoms with Gasteiger partial charge in [0.05, 0.1) is 25.7 Å². The Hall–Kier alpha value is -1.43. The molecule has 0 bridgehead atoms. The lowest BCUT2D eigenvalue weighted by Gasteiger charge is -2.40. The molecule has 1 amide bonds. The first kappa shape index (κ1) is 16.9. The molecule has 2 rings (SSSR count). The third-order valence-electron chi connectivity index (χ3n) is 4.39. The fourth-order valence-electron chi connectivity index (χ4n) is 2.87. The van der Waals surface area contributed by atoms with Crippen molar-refractivity contribution in [2.75, 3.05) is 34.5 Å². The predicted molar refractivity (Wildman–Crippen MR) is 83.9 cm³/mol. The molecule has 22 heavy (non-hydrogen) atoms. The molecular formula is C17H25NO4. The van der Waals surface area contributed by atoms with Crippen molar-refractivity contribution >= 4 is 5.91 Å². The molecule has 0 aliphatic carbocycles. The number of nitrogens with zero attached hydrogens (tertiary/aromatic N) is 1. The lowest BCUT2D eigenvalue weighted by atomic mass is 10.0. The minimum atomic E-state index is -0.176. The van der Waals surface area contributed by atoms with Crippen LogP contribution in [0.1, 0.15) is 11.1 Å². The first-order valence-electron chi connectivity index (χ1n) is 7.52. The minimum absolute atomic E-state index is 0.0571. The SMILES string of the molecule is CO[C@H]1[C@H](N(C)C(=O)Cc2ccccc2C)COC[C@H]1OC. The van der Waals surface area contributed by atoms with Gasteiger partial charge in [0.1, 0.15) is 12.2 Å². The molecule has 1 aliphatic rings. The minimum Gasteiger partial charge on any atom is -0.376 e. The summed E-state index contributed by atoms with van der Waals surface area (Å²) in [7, 11) is 5.09. The number of ether oxygens (including phenoxy) is 3. The van der Waals surface area contributed by atoms with Crippen molar-refractivity contribution in [1.29, 1.82) is 0 Å². The lowest BCUT2D eigenvalue weighted by Crippen LogP contribution is -2.57. The first-order chi connectivity index (χ1) is 10.6. The van der Waals surface area contributed by atoms with Crippen molar-refractivity contribution < 1.29 is 19.0 Å². The van der Waals surface area contributed by atoms with E-state index in [2.05, 4.69) is 0 Å². The summed E-state index contributed by atoms with van der Waals surface area (Å²) in [5, 5.41) is 0. The second-order valence-electron chi connectivity index (χ2n) is 5.69. The zero-order valence-corrected chi connectivity index (χ0v) is 13.7. The second kappa shape index (κ2) is 7.72. The van der Waals surface area contributed by atoms with Crippen LogP contribution in [0.25, 0.3) is 0 Å². The fourth-order valence-corrected chi connectivity index (χ4v) is 2.87. The third-order valence-corrected chi connectivity index (χ3v) is 4.39. The largest absolute Gasteiger partial charge is 0.376 e. The highest BCUT2D eigenvalue weighted by Crippen LogP contribution is 2.20. The van der Waals surface area contributed by atoms with Crippen molar-refractivity contribution in [3.63, 3.8) is 0 Å². The maximum Gasteiger partial charge on any atom is 0.227 e. The van der Waals surface area contributed by atoms with E-state index in [1.165, 1.54) is 0 Å². The summed E-state index contributed by atoms with van der Waals surface area (Å²) in [6, 6.07) is 7.81. The molecule has 1 aromatic carbocycles. The molecule has 5 heteroatoms. The highest BCUT2D eigenvalue weighted by atomic mass is 16.6. The van der Waals surface area contributed by atoms with Gasteiger partial charge in [-0.15, -0.1) is 0 Å². The molecule has 1 aromatic rings. The Morgan fingerprint density at radius 2 is 2.00 bits per heavy atom. The fraction of sp³-hybridized carbons (Fsp3) is 0.588. The Balaban J connectivity index is 2.07. The molecule has 0 unspecified atom stereocenters. The van der Waals surface area contributed by atoms with E-state index >= 15 is 0 Å². The van der Waals surface area contributed by atoms with Crippen LogP contribution < -0.4 is 0 Å². The summed E-state index contributed by atoms with van der Waals surface area (Å²) < 4.78 is 16.5. The Bertz CT molecular complexity index is 505. The smallest absolute Gasteiger partial charge is 0.227 e. The highest BCUT2D eigenvalue weighted by Gasteiger charge is 2.38. The van der Waals surface area contributed by atoms with Crippen LogP contribution in [0, 0.1) is 6.92 Å². The van der Waals surface area contributed by atoms with Crippen LogP contribution in [0.5, 0.6) is 0 Å². The number of carbonyl (C=O) groups is 1. The number of rotatable bonds is 5. The van der Waals surface area contributed by atoms with Gasteiger partial charge in [0.25, 0.3) is 0 Å². The van der Waals surface area contributed by atoms with Gasteiger partial charge in [-0.1, -0.05) is 24.3 Å². The Labute approximate surface area is 132 Å². The predicted octanol–water partition coefficient (Wildman–Crippen LogP) is 1.42. The molecule has 5 nitrogen and oxygen atoms in total. The van der Waals surface area contributed by atoms with Crippen LogP contribution in [0.4, 0.5) is 0 Å². The molecule has 3 atom stereocenters. The number of hydrogen-bond acceptors (Lipinski definition) is 4. The van der Waals surface area contributed by atoms with E-state index in [0.29, 0.717) is 19.6 Å². The summed E-state index contributed by atoms with van der Waals surface area (Å²) in [6.45, 7) is 2.98. The third kappa shape index (κ3) is 3.66. The van der Waals surface area contributed by atoms with Crippen molar-refractivity contribution in [3.05, 3.63) is 35.4 Å². The summed E-state index contributed by atoms with van der Waals surface area (Å²) in [5.74, 6) is 0.0571. The highest BCUT2D eigenvalue weighted by molar-refractivity contribution is 5.79. The molecule has 0 saturated carbocycles. The Kier molecular flexibility index (Phi) is 5.94. The van der Waals surface area contributed by atoms with Gasteiger partial charge in [-0.3, -0.25) is 4.79 Å². The van der Waals surface area contributed by atoms with Gasteiger partial charge >= 0.3 is 0 Å². The lowest BCUT2D eigenvalue weighted by molar-refractivity contribution is -0.164. The first-order valence-corrected chi connectivity index (χ1v) is 7.52. The zero-order chi connectivity index (χ0) is 16.1. The molecule has 0 radical (unpaired) electrons. The van der Waals surface area contributed by atoms with E-state index in [-0.39, 0.29) is 24.2 Å². The van der Waals surface area contributed by atoms with Crippen LogP contribution in [0.2, 0.25) is 0 Å². The average Bonchev–Trinajstić information content (AvgIpc) is 2.55. The monoisotopic (exact) mass is 307 g/mol. The standard InChI is InChI=1S/C17H25NO4/c1-12-7-5-6-8-13(12)9-16(19)18(2)14-10-22-11-15(20-3)17(14)21-4/h5-8,14-15,17H,9-11H2,1-4H3/t14-,15-,17+/m1/s1. The van der Waals surface area contributed by atoms with Crippen molar-refractivity contribution in [1.82, 2.24) is 4.90 Å². The van der Waals surface area contributed by atoms with E-state index in [1.807, 2.05) is 31.2 Å². The number of carbonyl (C=O) groups excluding carboxylic acids is 1. The van der Waals surface area contributed by atoms with E-state index in [0.717, 1.165) is 11.1 Å². The van der Waals surface area contributed by atoms with E-state index in [4.69, 9.17) is 14.2 Å². The average molecular weight is 307 g/mol. The molecule has 1 heterocycles. The van der Waals surface area contributed by atoms with E-state index in [9.17, 15) is 4.79 Å². The van der Waals surface area contributed by atoms with Gasteiger partial charge in [-0.2, -0.15) is 0 Å². The molecule has 1 fully saturated rings. The van der Waals surface area contributed by atoms with Gasteiger partial charge in [0, 0.05) is 21.3 Å². The number of hydrogen-bond donors (Lipinski definition) is 0. The van der Waals surface area contributed by atoms with E-state index in [1.54, 1.807) is 26.2 Å². The van der Waals surface area contributed by atoms with Crippen LogP contribution >= 0.6 is 0 Å². The molecule has 0 N–H and O–H groups in total. The topological polar surface area (TPSA) is 48.0 Å². The van der Waals surface area contributed by atoms with Crippen molar-refractivity contribution in [2.24, 2.45) is 0 Å². The molecular weight excluding hydrogens is 282 g/mol.